The van der Waals surface area contributed by atoms with Crippen LogP contribution in [0.1, 0.15) is 11.1 Å². The molecule has 0 heterocycles. The predicted octanol–water partition coefficient (Wildman–Crippen LogP) is 5.45. The van der Waals surface area contributed by atoms with Crippen LogP contribution in [0.4, 0.5) is 13.2 Å². The van der Waals surface area contributed by atoms with Gasteiger partial charge in [0.15, 0.2) is 0 Å². The van der Waals surface area contributed by atoms with Gasteiger partial charge in [0.1, 0.15) is 18.1 Å². The van der Waals surface area contributed by atoms with E-state index in [-0.39, 0.29) is 11.6 Å². The van der Waals surface area contributed by atoms with Crippen LogP contribution >= 0.6 is 0 Å². The number of halogens is 3. The fraction of sp³-hybridized carbons (Fsp3) is 0.0952. The number of hydrogen-bond donors (Lipinski definition) is 1. The zero-order valence-corrected chi connectivity index (χ0v) is 14.0. The van der Waals surface area contributed by atoms with Crippen molar-refractivity contribution in [3.63, 3.8) is 0 Å². The minimum atomic E-state index is -5.02. The Morgan fingerprint density at radius 2 is 1.63 bits per heavy atom. The Bertz CT molecular complexity index is 984. The van der Waals surface area contributed by atoms with Gasteiger partial charge in [-0.2, -0.15) is 13.2 Å². The van der Waals surface area contributed by atoms with Crippen molar-refractivity contribution in [2.24, 2.45) is 0 Å². The summed E-state index contributed by atoms with van der Waals surface area (Å²) in [5.74, 6) is -2.38. The van der Waals surface area contributed by atoms with Gasteiger partial charge in [0.2, 0.25) is 0 Å². The minimum Gasteiger partial charge on any atom is -0.507 e. The monoisotopic (exact) mass is 372 g/mol. The van der Waals surface area contributed by atoms with E-state index in [1.165, 1.54) is 24.3 Å². The van der Waals surface area contributed by atoms with Gasteiger partial charge in [0.05, 0.1) is 0 Å². The summed E-state index contributed by atoms with van der Waals surface area (Å²) >= 11 is 0. The van der Waals surface area contributed by atoms with E-state index >= 15 is 0 Å². The normalized spacial score (nSPS) is 12.2. The van der Waals surface area contributed by atoms with E-state index in [1.807, 2.05) is 42.5 Å². The Morgan fingerprint density at radius 3 is 2.33 bits per heavy atom. The molecule has 0 radical (unpaired) electrons. The molecule has 138 valence electrons. The summed E-state index contributed by atoms with van der Waals surface area (Å²) in [6.07, 6.45) is -4.86. The average molecular weight is 372 g/mol. The number of aliphatic hydroxyl groups excluding tert-OH is 1. The smallest absolute Gasteiger partial charge is 0.454 e. The van der Waals surface area contributed by atoms with E-state index in [4.69, 9.17) is 4.74 Å². The number of fused-ring (bicyclic) bond motifs is 1. The van der Waals surface area contributed by atoms with Crippen LogP contribution in [0.15, 0.2) is 72.8 Å². The van der Waals surface area contributed by atoms with Crippen molar-refractivity contribution >= 4 is 22.3 Å². The maximum absolute atomic E-state index is 12.2. The van der Waals surface area contributed by atoms with Crippen molar-refractivity contribution in [1.29, 1.82) is 0 Å². The van der Waals surface area contributed by atoms with Crippen molar-refractivity contribution in [2.75, 3.05) is 0 Å². The molecule has 3 aromatic rings. The summed E-state index contributed by atoms with van der Waals surface area (Å²) in [5.41, 5.74) is 1.08. The summed E-state index contributed by atoms with van der Waals surface area (Å²) in [4.78, 5) is 10.9. The van der Waals surface area contributed by atoms with Crippen LogP contribution in [0.5, 0.6) is 5.75 Å². The first kappa shape index (κ1) is 18.5. The summed E-state index contributed by atoms with van der Waals surface area (Å²) in [7, 11) is 0. The number of rotatable bonds is 5. The van der Waals surface area contributed by atoms with Crippen LogP contribution in [-0.2, 0) is 11.4 Å². The van der Waals surface area contributed by atoms with Crippen molar-refractivity contribution in [3.8, 4) is 5.75 Å². The maximum Gasteiger partial charge on any atom is 0.454 e. The van der Waals surface area contributed by atoms with Gasteiger partial charge in [-0.05, 0) is 40.6 Å². The molecule has 0 aliphatic carbocycles. The van der Waals surface area contributed by atoms with Gasteiger partial charge >= 0.3 is 6.18 Å². The third kappa shape index (κ3) is 4.47. The van der Waals surface area contributed by atoms with Crippen LogP contribution in [0, 0.1) is 0 Å². The number of carbonyl (C=O) groups is 1. The summed E-state index contributed by atoms with van der Waals surface area (Å²) < 4.78 is 42.4. The number of alkyl halides is 3. The zero-order valence-electron chi connectivity index (χ0n) is 14.0. The number of ether oxygens (including phenoxy) is 1. The number of benzene rings is 3. The third-order valence-corrected chi connectivity index (χ3v) is 3.97. The first-order chi connectivity index (χ1) is 12.8. The van der Waals surface area contributed by atoms with E-state index < -0.39 is 17.7 Å². The molecule has 0 fully saturated rings. The van der Waals surface area contributed by atoms with Crippen LogP contribution in [0.2, 0.25) is 0 Å². The van der Waals surface area contributed by atoms with Gasteiger partial charge in [-0.3, -0.25) is 4.79 Å². The standard InChI is InChI=1S/C21H15F3O3/c22-21(23,24)20(26)12-19(25)15-8-10-17(11-9-15)27-13-16-6-3-5-14-4-1-2-7-18(14)16/h1-12,25H,13H2/b19-12-. The van der Waals surface area contributed by atoms with Crippen molar-refractivity contribution in [3.05, 3.63) is 83.9 Å². The molecule has 0 saturated heterocycles. The second-order valence-electron chi connectivity index (χ2n) is 5.84. The fourth-order valence-electron chi connectivity index (χ4n) is 2.59. The van der Waals surface area contributed by atoms with Gasteiger partial charge in [0, 0.05) is 11.6 Å². The van der Waals surface area contributed by atoms with Crippen molar-refractivity contribution < 1.29 is 27.8 Å². The van der Waals surface area contributed by atoms with E-state index in [2.05, 4.69) is 0 Å². The quantitative estimate of drug-likeness (QED) is 0.479. The number of carbonyl (C=O) groups excluding carboxylic acids is 1. The SMILES string of the molecule is O=C(/C=C(\O)c1ccc(OCc2cccc3ccccc23)cc1)C(F)(F)F. The lowest BCUT2D eigenvalue weighted by Gasteiger charge is -2.10. The topological polar surface area (TPSA) is 46.5 Å². The van der Waals surface area contributed by atoms with Gasteiger partial charge in [-0.25, -0.2) is 0 Å². The minimum absolute atomic E-state index is 0.0881. The molecule has 0 unspecified atom stereocenters. The molecule has 0 aromatic heterocycles. The molecule has 0 amide bonds. The van der Waals surface area contributed by atoms with Crippen LogP contribution in [0.25, 0.3) is 16.5 Å². The molecule has 0 aliphatic heterocycles. The molecule has 0 aliphatic rings. The summed E-state index contributed by atoms with van der Waals surface area (Å²) in [5, 5.41) is 11.8. The number of hydrogen-bond acceptors (Lipinski definition) is 3. The molecular formula is C21H15F3O3. The Kier molecular flexibility index (Phi) is 5.16. The lowest BCUT2D eigenvalue weighted by atomic mass is 10.1. The maximum atomic E-state index is 12.2. The van der Waals surface area contributed by atoms with E-state index in [0.29, 0.717) is 12.4 Å². The highest BCUT2D eigenvalue weighted by Gasteiger charge is 2.37. The molecule has 27 heavy (non-hydrogen) atoms. The molecule has 0 saturated carbocycles. The molecule has 1 N–H and O–H groups in total. The highest BCUT2D eigenvalue weighted by Crippen LogP contribution is 2.23. The Hall–Kier alpha value is -3.28. The Morgan fingerprint density at radius 1 is 0.963 bits per heavy atom. The number of allylic oxidation sites excluding steroid dienone is 1. The fourth-order valence-corrected chi connectivity index (χ4v) is 2.59. The molecule has 3 rings (SSSR count). The van der Waals surface area contributed by atoms with Crippen molar-refractivity contribution in [1.82, 2.24) is 0 Å². The molecule has 0 atom stereocenters. The van der Waals surface area contributed by atoms with E-state index in [1.54, 1.807) is 0 Å². The zero-order chi connectivity index (χ0) is 19.4. The van der Waals surface area contributed by atoms with Gasteiger partial charge in [-0.1, -0.05) is 42.5 Å². The van der Waals surface area contributed by atoms with E-state index in [0.717, 1.165) is 16.3 Å². The lowest BCUT2D eigenvalue weighted by molar-refractivity contribution is -0.165. The van der Waals surface area contributed by atoms with Gasteiger partial charge in [0.25, 0.3) is 5.78 Å². The Balaban J connectivity index is 1.71. The lowest BCUT2D eigenvalue weighted by Crippen LogP contribution is -2.20. The first-order valence-electron chi connectivity index (χ1n) is 8.06. The van der Waals surface area contributed by atoms with E-state index in [9.17, 15) is 23.1 Å². The average Bonchev–Trinajstić information content (AvgIpc) is 2.66. The number of ketones is 1. The largest absolute Gasteiger partial charge is 0.507 e. The number of aliphatic hydroxyl groups is 1. The highest BCUT2D eigenvalue weighted by molar-refractivity contribution is 5.99. The van der Waals surface area contributed by atoms with Gasteiger partial charge < -0.3 is 9.84 Å². The molecule has 0 bridgehead atoms. The van der Waals surface area contributed by atoms with Crippen LogP contribution in [-0.4, -0.2) is 17.1 Å². The summed E-state index contributed by atoms with van der Waals surface area (Å²) in [6, 6.07) is 19.6. The van der Waals surface area contributed by atoms with Crippen LogP contribution < -0.4 is 4.74 Å². The second kappa shape index (κ2) is 7.53. The van der Waals surface area contributed by atoms with Crippen molar-refractivity contribution in [2.45, 2.75) is 12.8 Å². The molecule has 3 nitrogen and oxygen atoms in total. The molecule has 0 spiro atoms. The third-order valence-electron chi connectivity index (χ3n) is 3.97. The molecule has 3 aromatic carbocycles. The second-order valence-corrected chi connectivity index (χ2v) is 5.84. The molecule has 6 heteroatoms. The van der Waals surface area contributed by atoms with Crippen LogP contribution in [0.3, 0.4) is 0 Å². The van der Waals surface area contributed by atoms with Gasteiger partial charge in [-0.15, -0.1) is 0 Å². The Labute approximate surface area is 153 Å². The summed E-state index contributed by atoms with van der Waals surface area (Å²) in [6.45, 7) is 0.315. The first-order valence-corrected chi connectivity index (χ1v) is 8.06. The predicted molar refractivity (Wildman–Crippen MR) is 96.4 cm³/mol. The molecular weight excluding hydrogens is 357 g/mol. The highest BCUT2D eigenvalue weighted by atomic mass is 19.4.